The van der Waals surface area contributed by atoms with Crippen molar-refractivity contribution in [3.63, 3.8) is 0 Å². The molecule has 2 aromatic carbocycles. The van der Waals surface area contributed by atoms with Crippen molar-refractivity contribution >= 4 is 22.6 Å². The summed E-state index contributed by atoms with van der Waals surface area (Å²) in [7, 11) is 1.81. The summed E-state index contributed by atoms with van der Waals surface area (Å²) in [6.45, 7) is 0. The van der Waals surface area contributed by atoms with Gasteiger partial charge in [-0.2, -0.15) is 0 Å². The predicted octanol–water partition coefficient (Wildman–Crippen LogP) is 2.96. The Morgan fingerprint density at radius 3 is 2.48 bits per heavy atom. The van der Waals surface area contributed by atoms with Crippen LogP contribution in [0.15, 0.2) is 41.2 Å². The van der Waals surface area contributed by atoms with Crippen molar-refractivity contribution in [2.45, 2.75) is 6.04 Å². The lowest BCUT2D eigenvalue weighted by molar-refractivity contribution is 0.624. The van der Waals surface area contributed by atoms with E-state index in [9.17, 15) is 9.18 Å². The van der Waals surface area contributed by atoms with E-state index >= 15 is 0 Å². The average molecular weight is 306 g/mol. The van der Waals surface area contributed by atoms with Crippen LogP contribution in [0.5, 0.6) is 0 Å². The molecule has 3 aromatic rings. The first-order valence-electron chi connectivity index (χ1n) is 6.42. The molecular formula is C15H13ClFN3O. The summed E-state index contributed by atoms with van der Waals surface area (Å²) in [5.74, 6) is -0.444. The fourth-order valence-electron chi connectivity index (χ4n) is 2.45. The van der Waals surface area contributed by atoms with E-state index in [1.54, 1.807) is 12.1 Å². The van der Waals surface area contributed by atoms with Crippen molar-refractivity contribution in [3.05, 3.63) is 68.8 Å². The second-order valence-corrected chi connectivity index (χ2v) is 5.19. The molecule has 0 bridgehead atoms. The number of hydrogen-bond donors (Lipinski definition) is 3. The molecule has 0 fully saturated rings. The Morgan fingerprint density at radius 2 is 1.76 bits per heavy atom. The lowest BCUT2D eigenvalue weighted by Gasteiger charge is -2.17. The summed E-state index contributed by atoms with van der Waals surface area (Å²) in [5, 5.41) is 3.26. The van der Waals surface area contributed by atoms with Crippen LogP contribution in [0.4, 0.5) is 4.39 Å². The van der Waals surface area contributed by atoms with Gasteiger partial charge >= 0.3 is 5.69 Å². The van der Waals surface area contributed by atoms with Crippen LogP contribution in [-0.2, 0) is 0 Å². The van der Waals surface area contributed by atoms with Gasteiger partial charge in [0.1, 0.15) is 5.82 Å². The standard InChI is InChI=1S/C15H13ClFN3O/c1-18-14(8-2-4-11(17)10(16)6-8)9-3-5-12-13(7-9)20-15(21)19-12/h2-7,14,18H,1H3,(H2,19,20,21). The van der Waals surface area contributed by atoms with E-state index in [0.29, 0.717) is 0 Å². The van der Waals surface area contributed by atoms with E-state index in [4.69, 9.17) is 11.6 Å². The maximum absolute atomic E-state index is 13.3. The van der Waals surface area contributed by atoms with Gasteiger partial charge in [-0.3, -0.25) is 0 Å². The van der Waals surface area contributed by atoms with Crippen LogP contribution in [-0.4, -0.2) is 17.0 Å². The molecule has 1 heterocycles. The molecule has 108 valence electrons. The number of imidazole rings is 1. The molecule has 1 atom stereocenters. The minimum absolute atomic E-state index is 0.0869. The van der Waals surface area contributed by atoms with Crippen LogP contribution in [0, 0.1) is 5.82 Å². The minimum Gasteiger partial charge on any atom is -0.309 e. The highest BCUT2D eigenvalue weighted by molar-refractivity contribution is 6.30. The first-order valence-corrected chi connectivity index (χ1v) is 6.80. The Morgan fingerprint density at radius 1 is 1.10 bits per heavy atom. The molecule has 0 radical (unpaired) electrons. The second-order valence-electron chi connectivity index (χ2n) is 4.78. The Kier molecular flexibility index (Phi) is 3.53. The van der Waals surface area contributed by atoms with E-state index in [-0.39, 0.29) is 16.8 Å². The van der Waals surface area contributed by atoms with Crippen LogP contribution in [0.2, 0.25) is 5.02 Å². The molecule has 0 saturated heterocycles. The summed E-state index contributed by atoms with van der Waals surface area (Å²) in [4.78, 5) is 16.7. The number of nitrogens with one attached hydrogen (secondary N) is 3. The van der Waals surface area contributed by atoms with Crippen LogP contribution in [0.1, 0.15) is 17.2 Å². The van der Waals surface area contributed by atoms with Gasteiger partial charge in [0, 0.05) is 0 Å². The van der Waals surface area contributed by atoms with Gasteiger partial charge in [-0.05, 0) is 42.4 Å². The third-order valence-corrected chi connectivity index (χ3v) is 3.73. The highest BCUT2D eigenvalue weighted by Crippen LogP contribution is 2.27. The molecule has 6 heteroatoms. The largest absolute Gasteiger partial charge is 0.323 e. The molecule has 0 amide bonds. The summed E-state index contributed by atoms with van der Waals surface area (Å²) in [5.41, 5.74) is 3.03. The van der Waals surface area contributed by atoms with Gasteiger partial charge in [0.25, 0.3) is 0 Å². The van der Waals surface area contributed by atoms with Gasteiger partial charge in [0.2, 0.25) is 0 Å². The van der Waals surface area contributed by atoms with Gasteiger partial charge in [0.15, 0.2) is 0 Å². The van der Waals surface area contributed by atoms with Gasteiger partial charge in [-0.25, -0.2) is 9.18 Å². The molecule has 0 aliphatic carbocycles. The lowest BCUT2D eigenvalue weighted by Crippen LogP contribution is -2.17. The molecule has 1 aromatic heterocycles. The molecule has 0 saturated carbocycles. The Hall–Kier alpha value is -2.11. The zero-order valence-electron chi connectivity index (χ0n) is 11.2. The molecule has 0 spiro atoms. The summed E-state index contributed by atoms with van der Waals surface area (Å²) < 4.78 is 13.3. The van der Waals surface area contributed by atoms with E-state index in [1.807, 2.05) is 25.2 Å². The number of aromatic nitrogens is 2. The molecule has 1 unspecified atom stereocenters. The summed E-state index contributed by atoms with van der Waals surface area (Å²) >= 11 is 5.85. The quantitative estimate of drug-likeness (QED) is 0.697. The highest BCUT2D eigenvalue weighted by Gasteiger charge is 2.14. The minimum atomic E-state index is -0.444. The van der Waals surface area contributed by atoms with Crippen LogP contribution in [0.3, 0.4) is 0 Å². The first-order chi connectivity index (χ1) is 10.1. The topological polar surface area (TPSA) is 60.7 Å². The van der Waals surface area contributed by atoms with Crippen molar-refractivity contribution in [3.8, 4) is 0 Å². The predicted molar refractivity (Wildman–Crippen MR) is 81.2 cm³/mol. The third-order valence-electron chi connectivity index (χ3n) is 3.44. The van der Waals surface area contributed by atoms with Crippen molar-refractivity contribution in [2.75, 3.05) is 7.05 Å². The van der Waals surface area contributed by atoms with Crippen LogP contribution < -0.4 is 11.0 Å². The zero-order chi connectivity index (χ0) is 15.0. The summed E-state index contributed by atoms with van der Waals surface area (Å²) in [6.07, 6.45) is 0. The average Bonchev–Trinajstić information content (AvgIpc) is 2.83. The molecule has 0 aliphatic heterocycles. The monoisotopic (exact) mass is 305 g/mol. The number of rotatable bonds is 3. The number of hydrogen-bond acceptors (Lipinski definition) is 2. The molecular weight excluding hydrogens is 293 g/mol. The van der Waals surface area contributed by atoms with E-state index in [0.717, 1.165) is 22.2 Å². The Bertz CT molecular complexity index is 855. The fourth-order valence-corrected chi connectivity index (χ4v) is 2.64. The number of fused-ring (bicyclic) bond motifs is 1. The van der Waals surface area contributed by atoms with Gasteiger partial charge in [0.05, 0.1) is 22.1 Å². The normalized spacial score (nSPS) is 12.7. The van der Waals surface area contributed by atoms with Crippen molar-refractivity contribution in [1.82, 2.24) is 15.3 Å². The maximum Gasteiger partial charge on any atom is 0.323 e. The molecule has 21 heavy (non-hydrogen) atoms. The molecule has 3 rings (SSSR count). The molecule has 3 N–H and O–H groups in total. The number of benzene rings is 2. The third kappa shape index (κ3) is 2.57. The van der Waals surface area contributed by atoms with Crippen molar-refractivity contribution < 1.29 is 4.39 Å². The van der Waals surface area contributed by atoms with E-state index in [2.05, 4.69) is 15.3 Å². The molecule has 0 aliphatic rings. The van der Waals surface area contributed by atoms with Gasteiger partial charge < -0.3 is 15.3 Å². The number of aromatic amines is 2. The van der Waals surface area contributed by atoms with Crippen LogP contribution >= 0.6 is 11.6 Å². The second kappa shape index (κ2) is 5.35. The van der Waals surface area contributed by atoms with Crippen molar-refractivity contribution in [1.29, 1.82) is 0 Å². The van der Waals surface area contributed by atoms with E-state index in [1.165, 1.54) is 6.07 Å². The van der Waals surface area contributed by atoms with E-state index < -0.39 is 5.82 Å². The Balaban J connectivity index is 2.08. The SMILES string of the molecule is CNC(c1ccc(F)c(Cl)c1)c1ccc2[nH]c(=O)[nH]c2c1. The first kappa shape index (κ1) is 13.9. The van der Waals surface area contributed by atoms with Crippen molar-refractivity contribution in [2.24, 2.45) is 0 Å². The molecule has 4 nitrogen and oxygen atoms in total. The summed E-state index contributed by atoms with van der Waals surface area (Å²) in [6, 6.07) is 10.1. The number of H-pyrrole nitrogens is 2. The highest BCUT2D eigenvalue weighted by atomic mass is 35.5. The lowest BCUT2D eigenvalue weighted by atomic mass is 9.98. The maximum atomic E-state index is 13.3. The smallest absolute Gasteiger partial charge is 0.309 e. The fraction of sp³-hybridized carbons (Fsp3) is 0.133. The zero-order valence-corrected chi connectivity index (χ0v) is 12.0. The Labute approximate surface area is 125 Å². The van der Waals surface area contributed by atoms with Crippen LogP contribution in [0.25, 0.3) is 11.0 Å². The number of halogens is 2. The van der Waals surface area contributed by atoms with Gasteiger partial charge in [-0.15, -0.1) is 0 Å². The van der Waals surface area contributed by atoms with Gasteiger partial charge in [-0.1, -0.05) is 23.7 Å².